The lowest BCUT2D eigenvalue weighted by molar-refractivity contribution is 0.0948. The van der Waals surface area contributed by atoms with Gasteiger partial charge >= 0.3 is 0 Å². The van der Waals surface area contributed by atoms with E-state index < -0.39 is 0 Å². The van der Waals surface area contributed by atoms with Gasteiger partial charge < -0.3 is 5.32 Å². The minimum Gasteiger partial charge on any atom is -0.350 e. The van der Waals surface area contributed by atoms with Crippen LogP contribution in [0.2, 0.25) is 0 Å². The van der Waals surface area contributed by atoms with E-state index in [1.165, 1.54) is 37.6 Å². The number of hydrogen-bond donors (Lipinski definition) is 1. The zero-order valence-corrected chi connectivity index (χ0v) is 11.7. The molecular formula is C15H21N3O. The second-order valence-electron chi connectivity index (χ2n) is 5.05. The Bertz CT molecular complexity index is 494. The second-order valence-corrected chi connectivity index (χ2v) is 5.05. The highest BCUT2D eigenvalue weighted by Gasteiger charge is 2.12. The zero-order chi connectivity index (χ0) is 13.7. The molecule has 0 saturated carbocycles. The Morgan fingerprint density at radius 3 is 2.89 bits per heavy atom. The Morgan fingerprint density at radius 1 is 1.32 bits per heavy atom. The van der Waals surface area contributed by atoms with Crippen molar-refractivity contribution in [2.75, 3.05) is 6.54 Å². The summed E-state index contributed by atoms with van der Waals surface area (Å²) < 4.78 is 0. The van der Waals surface area contributed by atoms with E-state index in [0.717, 1.165) is 17.7 Å². The highest BCUT2D eigenvalue weighted by molar-refractivity contribution is 5.93. The highest BCUT2D eigenvalue weighted by atomic mass is 16.1. The van der Waals surface area contributed by atoms with Crippen molar-refractivity contribution in [3.63, 3.8) is 0 Å². The van der Waals surface area contributed by atoms with Crippen molar-refractivity contribution >= 4 is 5.91 Å². The number of aromatic nitrogens is 2. The molecule has 4 nitrogen and oxygen atoms in total. The topological polar surface area (TPSA) is 54.9 Å². The van der Waals surface area contributed by atoms with Gasteiger partial charge in [-0.1, -0.05) is 11.6 Å². The lowest BCUT2D eigenvalue weighted by Gasteiger charge is -2.13. The van der Waals surface area contributed by atoms with E-state index in [-0.39, 0.29) is 5.91 Å². The van der Waals surface area contributed by atoms with Gasteiger partial charge in [-0.05, 0) is 46.0 Å². The molecule has 102 valence electrons. The number of hydrogen-bond acceptors (Lipinski definition) is 3. The number of carbonyl (C=O) groups excluding carboxylic acids is 1. The van der Waals surface area contributed by atoms with E-state index in [0.29, 0.717) is 12.2 Å². The highest BCUT2D eigenvalue weighted by Crippen LogP contribution is 2.19. The first kappa shape index (κ1) is 13.7. The summed E-state index contributed by atoms with van der Waals surface area (Å²) in [5.74, 6) is -0.0978. The molecule has 0 spiro atoms. The molecule has 0 atom stereocenters. The van der Waals surface area contributed by atoms with Gasteiger partial charge in [0.2, 0.25) is 0 Å². The second kappa shape index (κ2) is 6.45. The Balaban J connectivity index is 1.87. The van der Waals surface area contributed by atoms with Gasteiger partial charge in [0.05, 0.1) is 0 Å². The van der Waals surface area contributed by atoms with Crippen molar-refractivity contribution in [2.45, 2.75) is 46.0 Å². The third-order valence-corrected chi connectivity index (χ3v) is 3.67. The smallest absolute Gasteiger partial charge is 0.270 e. The molecule has 19 heavy (non-hydrogen) atoms. The molecule has 0 saturated heterocycles. The summed E-state index contributed by atoms with van der Waals surface area (Å²) in [5.41, 5.74) is 3.68. The van der Waals surface area contributed by atoms with Crippen LogP contribution in [-0.2, 0) is 0 Å². The molecule has 0 fully saturated rings. The minimum atomic E-state index is -0.0978. The van der Waals surface area contributed by atoms with Crippen LogP contribution < -0.4 is 5.32 Å². The number of nitrogens with zero attached hydrogens (tertiary/aromatic N) is 2. The van der Waals surface area contributed by atoms with Gasteiger partial charge in [-0.15, -0.1) is 0 Å². The van der Waals surface area contributed by atoms with Gasteiger partial charge in [0.15, 0.2) is 0 Å². The molecule has 0 aliphatic heterocycles. The SMILES string of the molecule is Cc1ncnc(C(=O)NCCC2=CCCCC2)c1C. The summed E-state index contributed by atoms with van der Waals surface area (Å²) in [6.07, 6.45) is 9.67. The van der Waals surface area contributed by atoms with Crippen molar-refractivity contribution in [3.05, 3.63) is 34.9 Å². The summed E-state index contributed by atoms with van der Waals surface area (Å²) in [4.78, 5) is 20.2. The van der Waals surface area contributed by atoms with Crippen LogP contribution in [0, 0.1) is 13.8 Å². The minimum absolute atomic E-state index is 0.0978. The van der Waals surface area contributed by atoms with Gasteiger partial charge in [-0.25, -0.2) is 9.97 Å². The molecule has 0 unspecified atom stereocenters. The van der Waals surface area contributed by atoms with Crippen molar-refractivity contribution in [2.24, 2.45) is 0 Å². The van der Waals surface area contributed by atoms with Crippen molar-refractivity contribution < 1.29 is 4.79 Å². The molecule has 1 aliphatic rings. The lowest BCUT2D eigenvalue weighted by Crippen LogP contribution is -2.27. The number of rotatable bonds is 4. The maximum absolute atomic E-state index is 12.0. The van der Waals surface area contributed by atoms with Crippen LogP contribution in [-0.4, -0.2) is 22.4 Å². The summed E-state index contributed by atoms with van der Waals surface area (Å²) in [7, 11) is 0. The first-order chi connectivity index (χ1) is 9.18. The molecule has 1 N–H and O–H groups in total. The molecule has 1 aromatic rings. The van der Waals surface area contributed by atoms with E-state index in [1.807, 2.05) is 13.8 Å². The molecule has 0 bridgehead atoms. The van der Waals surface area contributed by atoms with Crippen LogP contribution in [0.3, 0.4) is 0 Å². The molecule has 0 aromatic carbocycles. The first-order valence-electron chi connectivity index (χ1n) is 6.93. The van der Waals surface area contributed by atoms with Gasteiger partial charge in [-0.3, -0.25) is 4.79 Å². The molecule has 1 amide bonds. The van der Waals surface area contributed by atoms with Crippen LogP contribution in [0.5, 0.6) is 0 Å². The zero-order valence-electron chi connectivity index (χ0n) is 11.7. The van der Waals surface area contributed by atoms with Gasteiger partial charge in [0.1, 0.15) is 12.0 Å². The van der Waals surface area contributed by atoms with Crippen molar-refractivity contribution in [1.82, 2.24) is 15.3 Å². The van der Waals surface area contributed by atoms with E-state index in [4.69, 9.17) is 0 Å². The summed E-state index contributed by atoms with van der Waals surface area (Å²) in [6.45, 7) is 4.46. The third kappa shape index (κ3) is 3.63. The largest absolute Gasteiger partial charge is 0.350 e. The monoisotopic (exact) mass is 259 g/mol. The van der Waals surface area contributed by atoms with E-state index in [2.05, 4.69) is 21.4 Å². The molecule has 0 radical (unpaired) electrons. The fourth-order valence-electron chi connectivity index (χ4n) is 2.32. The molecule has 1 heterocycles. The quantitative estimate of drug-likeness (QED) is 0.846. The number of amides is 1. The molecule has 2 rings (SSSR count). The normalized spacial score (nSPS) is 14.9. The fraction of sp³-hybridized carbons (Fsp3) is 0.533. The first-order valence-corrected chi connectivity index (χ1v) is 6.93. The maximum atomic E-state index is 12.0. The van der Waals surface area contributed by atoms with Crippen molar-refractivity contribution in [1.29, 1.82) is 0 Å². The predicted octanol–water partition coefficient (Wildman–Crippen LogP) is 2.71. The fourth-order valence-corrected chi connectivity index (χ4v) is 2.32. The number of carbonyl (C=O) groups is 1. The van der Waals surface area contributed by atoms with Crippen LogP contribution in [0.1, 0.15) is 53.8 Å². The predicted molar refractivity (Wildman–Crippen MR) is 75.0 cm³/mol. The van der Waals surface area contributed by atoms with Gasteiger partial charge in [-0.2, -0.15) is 0 Å². The van der Waals surface area contributed by atoms with Crippen LogP contribution in [0.25, 0.3) is 0 Å². The lowest BCUT2D eigenvalue weighted by atomic mass is 9.97. The molecular weight excluding hydrogens is 238 g/mol. The standard InChI is InChI=1S/C15H21N3O/c1-11-12(2)17-10-18-14(11)15(19)16-9-8-13-6-4-3-5-7-13/h6,10H,3-5,7-9H2,1-2H3,(H,16,19). The van der Waals surface area contributed by atoms with Crippen LogP contribution in [0.15, 0.2) is 18.0 Å². The number of aryl methyl sites for hydroxylation is 1. The van der Waals surface area contributed by atoms with Crippen LogP contribution >= 0.6 is 0 Å². The molecule has 1 aliphatic carbocycles. The van der Waals surface area contributed by atoms with E-state index >= 15 is 0 Å². The Hall–Kier alpha value is -1.71. The van der Waals surface area contributed by atoms with Gasteiger partial charge in [0.25, 0.3) is 5.91 Å². The average Bonchev–Trinajstić information content (AvgIpc) is 2.43. The van der Waals surface area contributed by atoms with Gasteiger partial charge in [0, 0.05) is 17.8 Å². The van der Waals surface area contributed by atoms with Crippen LogP contribution in [0.4, 0.5) is 0 Å². The number of nitrogens with one attached hydrogen (secondary N) is 1. The van der Waals surface area contributed by atoms with E-state index in [9.17, 15) is 4.79 Å². The summed E-state index contributed by atoms with van der Waals surface area (Å²) in [5, 5.41) is 2.94. The third-order valence-electron chi connectivity index (χ3n) is 3.67. The molecule has 1 aromatic heterocycles. The molecule has 4 heteroatoms. The summed E-state index contributed by atoms with van der Waals surface area (Å²) in [6, 6.07) is 0. The summed E-state index contributed by atoms with van der Waals surface area (Å²) >= 11 is 0. The Labute approximate surface area is 114 Å². The maximum Gasteiger partial charge on any atom is 0.270 e. The van der Waals surface area contributed by atoms with Crippen molar-refractivity contribution in [3.8, 4) is 0 Å². The number of allylic oxidation sites excluding steroid dienone is 1. The Kier molecular flexibility index (Phi) is 4.66. The Morgan fingerprint density at radius 2 is 2.16 bits per heavy atom. The van der Waals surface area contributed by atoms with E-state index in [1.54, 1.807) is 0 Å². The average molecular weight is 259 g/mol.